The summed E-state index contributed by atoms with van der Waals surface area (Å²) in [6.45, 7) is 5.01. The molecule has 0 aromatic heterocycles. The lowest BCUT2D eigenvalue weighted by atomic mass is 10.0. The molecule has 536 valence electrons. The fourth-order valence-corrected chi connectivity index (χ4v) is 13.7. The fourth-order valence-electron chi connectivity index (χ4n) is 13.7. The van der Waals surface area contributed by atoms with Gasteiger partial charge in [-0.15, -0.1) is 0 Å². The smallest absolute Gasteiger partial charge is 0.305 e. The largest absolute Gasteiger partial charge is 0.466 e. The molecule has 0 rings (SSSR count). The van der Waals surface area contributed by atoms with Gasteiger partial charge in [-0.1, -0.05) is 437 Å². The van der Waals surface area contributed by atoms with E-state index in [1.165, 1.54) is 411 Å². The SMILES string of the molecule is CCCCCCCC/C=C\CCCCCCCC(=O)OCCCCCCCCCCCCCCCCCCCCCCCCCCCCCCCCCCCCCCCC(=O)NC(CO)C(O)CCCCCCCCCCCCCCCCCCCCCCC. The number of hydrogen-bond acceptors (Lipinski definition) is 5. The molecule has 0 aromatic carbocycles. The van der Waals surface area contributed by atoms with Gasteiger partial charge in [0.05, 0.1) is 25.4 Å². The minimum atomic E-state index is -0.661. The van der Waals surface area contributed by atoms with Crippen molar-refractivity contribution in [2.24, 2.45) is 0 Å². The van der Waals surface area contributed by atoms with Crippen molar-refractivity contribution in [2.45, 2.75) is 501 Å². The third-order valence-electron chi connectivity index (χ3n) is 20.1. The van der Waals surface area contributed by atoms with Crippen LogP contribution in [0.2, 0.25) is 0 Å². The van der Waals surface area contributed by atoms with Gasteiger partial charge < -0.3 is 20.3 Å². The number of amides is 1. The second-order valence-electron chi connectivity index (χ2n) is 29.2. The number of ether oxygens (including phenoxy) is 1. The predicted octanol–water partition coefficient (Wildman–Crippen LogP) is 27.8. The first-order valence-electron chi connectivity index (χ1n) is 41.9. The van der Waals surface area contributed by atoms with Gasteiger partial charge in [-0.3, -0.25) is 9.59 Å². The topological polar surface area (TPSA) is 95.9 Å². The van der Waals surface area contributed by atoms with Gasteiger partial charge in [-0.05, 0) is 51.4 Å². The predicted molar refractivity (Wildman–Crippen MR) is 398 cm³/mol. The van der Waals surface area contributed by atoms with Crippen molar-refractivity contribution in [3.05, 3.63) is 12.2 Å². The second-order valence-corrected chi connectivity index (χ2v) is 29.2. The van der Waals surface area contributed by atoms with Gasteiger partial charge in [0.25, 0.3) is 0 Å². The third-order valence-corrected chi connectivity index (χ3v) is 20.1. The van der Waals surface area contributed by atoms with Crippen molar-refractivity contribution in [3.63, 3.8) is 0 Å². The van der Waals surface area contributed by atoms with E-state index in [1.54, 1.807) is 0 Å². The van der Waals surface area contributed by atoms with Crippen LogP contribution in [0.1, 0.15) is 489 Å². The molecule has 6 nitrogen and oxygen atoms in total. The normalized spacial score (nSPS) is 12.4. The summed E-state index contributed by atoms with van der Waals surface area (Å²) in [5, 5.41) is 23.5. The molecule has 2 unspecified atom stereocenters. The molecule has 0 aromatic rings. The maximum absolute atomic E-state index is 12.6. The number of carbonyl (C=O) groups excluding carboxylic acids is 2. The first-order valence-corrected chi connectivity index (χ1v) is 41.9. The Morgan fingerprint density at radius 3 is 0.789 bits per heavy atom. The molecule has 3 N–H and O–H groups in total. The van der Waals surface area contributed by atoms with Crippen LogP contribution in [0.5, 0.6) is 0 Å². The first kappa shape index (κ1) is 88.6. The van der Waals surface area contributed by atoms with Gasteiger partial charge in [0.15, 0.2) is 0 Å². The van der Waals surface area contributed by atoms with E-state index >= 15 is 0 Å². The maximum atomic E-state index is 12.6. The third kappa shape index (κ3) is 75.6. The Bertz CT molecular complexity index is 1370. The second kappa shape index (κ2) is 80.0. The molecular formula is C84H165NO5. The summed E-state index contributed by atoms with van der Waals surface area (Å²) < 4.78 is 5.50. The van der Waals surface area contributed by atoms with Gasteiger partial charge in [0, 0.05) is 12.8 Å². The molecule has 0 saturated carbocycles. The van der Waals surface area contributed by atoms with Crippen LogP contribution in [0.4, 0.5) is 0 Å². The molecule has 0 aliphatic rings. The average Bonchev–Trinajstić information content (AvgIpc) is 3.68. The number of unbranched alkanes of at least 4 members (excludes halogenated alkanes) is 67. The van der Waals surface area contributed by atoms with E-state index in [0.717, 1.165) is 44.9 Å². The molecule has 0 bridgehead atoms. The summed E-state index contributed by atoms with van der Waals surface area (Å²) in [6, 6.07) is -0.537. The molecule has 2 atom stereocenters. The molecule has 0 aliphatic carbocycles. The van der Waals surface area contributed by atoms with Crippen molar-refractivity contribution in [1.82, 2.24) is 5.32 Å². The van der Waals surface area contributed by atoms with Crippen LogP contribution in [0.15, 0.2) is 12.2 Å². The number of hydrogen-bond donors (Lipinski definition) is 3. The molecule has 0 saturated heterocycles. The van der Waals surface area contributed by atoms with Crippen molar-refractivity contribution in [1.29, 1.82) is 0 Å². The van der Waals surface area contributed by atoms with Crippen molar-refractivity contribution in [3.8, 4) is 0 Å². The Morgan fingerprint density at radius 1 is 0.300 bits per heavy atom. The summed E-state index contributed by atoms with van der Waals surface area (Å²) in [5.74, 6) is -0.00657. The van der Waals surface area contributed by atoms with Gasteiger partial charge in [0.1, 0.15) is 0 Å². The molecule has 0 radical (unpaired) electrons. The van der Waals surface area contributed by atoms with E-state index in [-0.39, 0.29) is 18.5 Å². The zero-order valence-corrected chi connectivity index (χ0v) is 61.7. The first-order chi connectivity index (χ1) is 44.5. The number of esters is 1. The van der Waals surface area contributed by atoms with Crippen molar-refractivity contribution in [2.75, 3.05) is 13.2 Å². The highest BCUT2D eigenvalue weighted by atomic mass is 16.5. The maximum Gasteiger partial charge on any atom is 0.305 e. The summed E-state index contributed by atoms with van der Waals surface area (Å²) in [4.78, 5) is 24.7. The Morgan fingerprint density at radius 2 is 0.522 bits per heavy atom. The molecule has 90 heavy (non-hydrogen) atoms. The minimum absolute atomic E-state index is 0.0167. The van der Waals surface area contributed by atoms with Gasteiger partial charge in [-0.2, -0.15) is 0 Å². The zero-order chi connectivity index (χ0) is 64.9. The number of allylic oxidation sites excluding steroid dienone is 2. The average molecular weight is 1270 g/mol. The van der Waals surface area contributed by atoms with E-state index in [2.05, 4.69) is 31.3 Å². The van der Waals surface area contributed by atoms with Crippen molar-refractivity contribution < 1.29 is 24.5 Å². The number of aliphatic hydroxyl groups excluding tert-OH is 2. The number of nitrogens with one attached hydrogen (secondary N) is 1. The molecule has 0 fully saturated rings. The van der Waals surface area contributed by atoms with E-state index in [9.17, 15) is 19.8 Å². The van der Waals surface area contributed by atoms with Crippen LogP contribution in [0.25, 0.3) is 0 Å². The molecule has 0 heterocycles. The van der Waals surface area contributed by atoms with Crippen LogP contribution >= 0.6 is 0 Å². The van der Waals surface area contributed by atoms with Gasteiger partial charge in [0.2, 0.25) is 5.91 Å². The Labute approximate surface area is 565 Å². The summed E-state index contributed by atoms with van der Waals surface area (Å²) in [7, 11) is 0. The molecule has 1 amide bonds. The molecule has 6 heteroatoms. The number of aliphatic hydroxyl groups is 2. The van der Waals surface area contributed by atoms with E-state index < -0.39 is 12.1 Å². The number of carbonyl (C=O) groups is 2. The van der Waals surface area contributed by atoms with E-state index in [4.69, 9.17) is 4.74 Å². The summed E-state index contributed by atoms with van der Waals surface area (Å²) >= 11 is 0. The molecule has 0 spiro atoms. The summed E-state index contributed by atoms with van der Waals surface area (Å²) in [6.07, 6.45) is 102. The van der Waals surface area contributed by atoms with Crippen LogP contribution in [0, 0.1) is 0 Å². The standard InChI is InChI=1S/C84H165NO5/c1-3-5-7-9-11-13-15-17-19-20-21-39-42-45-49-52-56-60-64-68-72-76-82(87)81(80-86)85-83(88)77-73-69-65-61-57-53-50-46-43-40-37-35-33-31-29-27-25-23-22-24-26-28-30-32-34-36-38-41-44-47-51-55-59-63-67-71-75-79-90-84(89)78-74-70-66-62-58-54-48-18-16-14-12-10-8-6-4-2/h18,48,81-82,86-87H,3-17,19-47,49-80H2,1-2H3,(H,85,88)/b48-18-. The fraction of sp³-hybridized carbons (Fsp3) is 0.952. The van der Waals surface area contributed by atoms with E-state index in [0.29, 0.717) is 25.9 Å². The van der Waals surface area contributed by atoms with Crippen LogP contribution in [-0.4, -0.2) is 47.4 Å². The highest BCUT2D eigenvalue weighted by Crippen LogP contribution is 2.21. The van der Waals surface area contributed by atoms with Crippen molar-refractivity contribution >= 4 is 11.9 Å². The minimum Gasteiger partial charge on any atom is -0.466 e. The molecular weight excluding hydrogens is 1100 g/mol. The van der Waals surface area contributed by atoms with Crippen LogP contribution < -0.4 is 5.32 Å². The van der Waals surface area contributed by atoms with E-state index in [1.807, 2.05) is 0 Å². The van der Waals surface area contributed by atoms with Gasteiger partial charge >= 0.3 is 5.97 Å². The van der Waals surface area contributed by atoms with Crippen LogP contribution in [0.3, 0.4) is 0 Å². The van der Waals surface area contributed by atoms with Gasteiger partial charge in [-0.25, -0.2) is 0 Å². The quantitative estimate of drug-likeness (QED) is 0.0320. The monoisotopic (exact) mass is 1270 g/mol. The summed E-state index contributed by atoms with van der Waals surface area (Å²) in [5.41, 5.74) is 0. The Balaban J connectivity index is 3.30. The Hall–Kier alpha value is -1.40. The lowest BCUT2D eigenvalue weighted by Crippen LogP contribution is -2.45. The zero-order valence-electron chi connectivity index (χ0n) is 61.7. The molecule has 0 aliphatic heterocycles. The van der Waals surface area contributed by atoms with Crippen LogP contribution in [-0.2, 0) is 14.3 Å². The number of rotatable bonds is 80. The Kier molecular flexibility index (Phi) is 78.8. The highest BCUT2D eigenvalue weighted by Gasteiger charge is 2.20. The highest BCUT2D eigenvalue weighted by molar-refractivity contribution is 5.76. The lowest BCUT2D eigenvalue weighted by Gasteiger charge is -2.22. The lowest BCUT2D eigenvalue weighted by molar-refractivity contribution is -0.143.